The topological polar surface area (TPSA) is 50.1 Å². The Labute approximate surface area is 81.8 Å². The Bertz CT molecular complexity index is 419. The average Bonchev–Trinajstić information content (AvgIpc) is 2.56. The van der Waals surface area contributed by atoms with Crippen molar-refractivity contribution in [3.05, 3.63) is 36.5 Å². The van der Waals surface area contributed by atoms with Crippen molar-refractivity contribution in [3.63, 3.8) is 0 Å². The molecule has 0 atom stereocenters. The van der Waals surface area contributed by atoms with Crippen LogP contribution in [0.5, 0.6) is 5.75 Å². The monoisotopic (exact) mass is 189 g/mol. The van der Waals surface area contributed by atoms with Gasteiger partial charge in [-0.1, -0.05) is 0 Å². The first-order valence-electron chi connectivity index (χ1n) is 4.30. The number of anilines is 2. The lowest BCUT2D eigenvalue weighted by Crippen LogP contribution is -1.93. The van der Waals surface area contributed by atoms with Crippen molar-refractivity contribution < 1.29 is 5.11 Å². The Morgan fingerprint density at radius 3 is 2.50 bits per heavy atom. The number of aryl methyl sites for hydroxylation is 1. The molecule has 0 radical (unpaired) electrons. The van der Waals surface area contributed by atoms with Gasteiger partial charge in [0.1, 0.15) is 5.75 Å². The van der Waals surface area contributed by atoms with Crippen LogP contribution < -0.4 is 5.32 Å². The summed E-state index contributed by atoms with van der Waals surface area (Å²) in [5.41, 5.74) is 0.904. The van der Waals surface area contributed by atoms with Crippen LogP contribution in [0.2, 0.25) is 0 Å². The van der Waals surface area contributed by atoms with Gasteiger partial charge in [0.2, 0.25) is 0 Å². The molecule has 0 saturated heterocycles. The first-order valence-corrected chi connectivity index (χ1v) is 4.30. The van der Waals surface area contributed by atoms with Crippen LogP contribution in [0, 0.1) is 0 Å². The molecule has 0 aliphatic heterocycles. The number of aromatic hydroxyl groups is 1. The highest BCUT2D eigenvalue weighted by Crippen LogP contribution is 2.17. The van der Waals surface area contributed by atoms with Crippen LogP contribution in [-0.2, 0) is 7.05 Å². The minimum absolute atomic E-state index is 0.261. The normalized spacial score (nSPS) is 10.1. The summed E-state index contributed by atoms with van der Waals surface area (Å²) in [6.45, 7) is 0. The van der Waals surface area contributed by atoms with E-state index in [1.807, 2.05) is 19.3 Å². The second-order valence-corrected chi connectivity index (χ2v) is 3.05. The Morgan fingerprint density at radius 2 is 1.93 bits per heavy atom. The van der Waals surface area contributed by atoms with Gasteiger partial charge in [0.15, 0.2) is 5.82 Å². The summed E-state index contributed by atoms with van der Waals surface area (Å²) in [5.74, 6) is 1.05. The van der Waals surface area contributed by atoms with Crippen LogP contribution in [-0.4, -0.2) is 14.9 Å². The molecule has 0 aliphatic rings. The maximum Gasteiger partial charge on any atom is 0.152 e. The molecule has 1 aromatic heterocycles. The summed E-state index contributed by atoms with van der Waals surface area (Å²) in [6, 6.07) is 8.73. The summed E-state index contributed by atoms with van der Waals surface area (Å²) < 4.78 is 1.72. The van der Waals surface area contributed by atoms with Crippen molar-refractivity contribution in [2.24, 2.45) is 7.05 Å². The highest BCUT2D eigenvalue weighted by Gasteiger charge is 1.96. The number of hydrogen-bond donors (Lipinski definition) is 2. The standard InChI is InChI=1S/C10H11N3O/c1-13-7-6-10(12-13)11-8-2-4-9(14)5-3-8/h2-7,14H,1H3,(H,11,12). The van der Waals surface area contributed by atoms with Gasteiger partial charge in [-0.2, -0.15) is 5.10 Å². The predicted octanol–water partition coefficient (Wildman–Crippen LogP) is 1.87. The van der Waals surface area contributed by atoms with Gasteiger partial charge in [0.25, 0.3) is 0 Å². The first kappa shape index (κ1) is 8.62. The highest BCUT2D eigenvalue weighted by atomic mass is 16.3. The Morgan fingerprint density at radius 1 is 1.21 bits per heavy atom. The van der Waals surface area contributed by atoms with Gasteiger partial charge in [-0.05, 0) is 24.3 Å². The molecule has 2 rings (SSSR count). The first-order chi connectivity index (χ1) is 6.74. The summed E-state index contributed by atoms with van der Waals surface area (Å²) in [7, 11) is 1.86. The van der Waals surface area contributed by atoms with Gasteiger partial charge < -0.3 is 10.4 Å². The molecule has 72 valence electrons. The van der Waals surface area contributed by atoms with Crippen molar-refractivity contribution in [1.29, 1.82) is 0 Å². The van der Waals surface area contributed by atoms with Crippen LogP contribution in [0.3, 0.4) is 0 Å². The van der Waals surface area contributed by atoms with E-state index in [9.17, 15) is 0 Å². The van der Waals surface area contributed by atoms with Crippen LogP contribution in [0.25, 0.3) is 0 Å². The van der Waals surface area contributed by atoms with E-state index in [1.54, 1.807) is 28.9 Å². The highest BCUT2D eigenvalue weighted by molar-refractivity contribution is 5.56. The molecule has 14 heavy (non-hydrogen) atoms. The third-order valence-corrected chi connectivity index (χ3v) is 1.85. The largest absolute Gasteiger partial charge is 0.508 e. The van der Waals surface area contributed by atoms with Crippen molar-refractivity contribution in [1.82, 2.24) is 9.78 Å². The molecule has 0 bridgehead atoms. The molecule has 0 saturated carbocycles. The Kier molecular flexibility index (Phi) is 2.10. The van der Waals surface area contributed by atoms with Gasteiger partial charge in [-0.3, -0.25) is 4.68 Å². The minimum atomic E-state index is 0.261. The number of rotatable bonds is 2. The second kappa shape index (κ2) is 3.41. The molecule has 0 aliphatic carbocycles. The van der Waals surface area contributed by atoms with Crippen LogP contribution >= 0.6 is 0 Å². The lowest BCUT2D eigenvalue weighted by molar-refractivity contribution is 0.475. The number of hydrogen-bond acceptors (Lipinski definition) is 3. The van der Waals surface area contributed by atoms with Gasteiger partial charge in [0, 0.05) is 25.0 Å². The molecule has 0 spiro atoms. The Hall–Kier alpha value is -1.97. The van der Waals surface area contributed by atoms with E-state index >= 15 is 0 Å². The fourth-order valence-electron chi connectivity index (χ4n) is 1.17. The number of nitrogens with zero attached hydrogens (tertiary/aromatic N) is 2. The van der Waals surface area contributed by atoms with Gasteiger partial charge in [0.05, 0.1) is 0 Å². The number of phenols is 1. The zero-order valence-electron chi connectivity index (χ0n) is 7.81. The maximum atomic E-state index is 9.08. The summed E-state index contributed by atoms with van der Waals surface area (Å²) in [5, 5.41) is 16.4. The predicted molar refractivity (Wildman–Crippen MR) is 54.6 cm³/mol. The van der Waals surface area contributed by atoms with Crippen molar-refractivity contribution in [2.45, 2.75) is 0 Å². The van der Waals surface area contributed by atoms with Crippen molar-refractivity contribution in [2.75, 3.05) is 5.32 Å². The summed E-state index contributed by atoms with van der Waals surface area (Å²) in [6.07, 6.45) is 1.86. The molecule has 0 amide bonds. The van der Waals surface area contributed by atoms with Crippen molar-refractivity contribution >= 4 is 11.5 Å². The van der Waals surface area contributed by atoms with E-state index in [0.717, 1.165) is 11.5 Å². The van der Waals surface area contributed by atoms with Gasteiger partial charge >= 0.3 is 0 Å². The molecule has 4 heteroatoms. The van der Waals surface area contributed by atoms with Crippen LogP contribution in [0.4, 0.5) is 11.5 Å². The van der Waals surface area contributed by atoms with Crippen LogP contribution in [0.15, 0.2) is 36.5 Å². The van der Waals surface area contributed by atoms with Gasteiger partial charge in [-0.25, -0.2) is 0 Å². The fourth-order valence-corrected chi connectivity index (χ4v) is 1.17. The molecule has 0 unspecified atom stereocenters. The average molecular weight is 189 g/mol. The third kappa shape index (κ3) is 1.85. The van der Waals surface area contributed by atoms with E-state index in [0.29, 0.717) is 0 Å². The molecule has 0 fully saturated rings. The zero-order valence-corrected chi connectivity index (χ0v) is 7.81. The van der Waals surface area contributed by atoms with E-state index in [1.165, 1.54) is 0 Å². The fraction of sp³-hybridized carbons (Fsp3) is 0.100. The number of phenolic OH excluding ortho intramolecular Hbond substituents is 1. The number of aromatic nitrogens is 2. The number of nitrogens with one attached hydrogen (secondary N) is 1. The smallest absolute Gasteiger partial charge is 0.152 e. The summed E-state index contributed by atoms with van der Waals surface area (Å²) >= 11 is 0. The number of benzene rings is 1. The van der Waals surface area contributed by atoms with Crippen molar-refractivity contribution in [3.8, 4) is 5.75 Å². The molecule has 1 aromatic carbocycles. The maximum absolute atomic E-state index is 9.08. The lowest BCUT2D eigenvalue weighted by Gasteiger charge is -2.01. The SMILES string of the molecule is Cn1ccc(Nc2ccc(O)cc2)n1. The molecular formula is C10H11N3O. The van der Waals surface area contributed by atoms with E-state index < -0.39 is 0 Å². The molecule has 4 nitrogen and oxygen atoms in total. The summed E-state index contributed by atoms with van der Waals surface area (Å²) in [4.78, 5) is 0. The second-order valence-electron chi connectivity index (χ2n) is 3.05. The lowest BCUT2D eigenvalue weighted by atomic mass is 10.3. The molecule has 2 N–H and O–H groups in total. The molecule has 2 aromatic rings. The van der Waals surface area contributed by atoms with Gasteiger partial charge in [-0.15, -0.1) is 0 Å². The molecule has 1 heterocycles. The van der Waals surface area contributed by atoms with Crippen LogP contribution in [0.1, 0.15) is 0 Å². The minimum Gasteiger partial charge on any atom is -0.508 e. The van der Waals surface area contributed by atoms with E-state index in [4.69, 9.17) is 5.11 Å². The van der Waals surface area contributed by atoms with E-state index in [-0.39, 0.29) is 5.75 Å². The van der Waals surface area contributed by atoms with E-state index in [2.05, 4.69) is 10.4 Å². The Balaban J connectivity index is 2.15. The zero-order chi connectivity index (χ0) is 9.97. The quantitative estimate of drug-likeness (QED) is 0.709. The molecular weight excluding hydrogens is 178 g/mol. The third-order valence-electron chi connectivity index (χ3n) is 1.85.